The average molecular weight is 328 g/mol. The van der Waals surface area contributed by atoms with Crippen LogP contribution in [0.3, 0.4) is 0 Å². The van der Waals surface area contributed by atoms with Gasteiger partial charge in [0.2, 0.25) is 0 Å². The molecule has 0 amide bonds. The monoisotopic (exact) mass is 328 g/mol. The summed E-state index contributed by atoms with van der Waals surface area (Å²) >= 11 is 1.54. The maximum atomic E-state index is 9.99. The van der Waals surface area contributed by atoms with Crippen LogP contribution in [0.15, 0.2) is 48.5 Å². The van der Waals surface area contributed by atoms with Gasteiger partial charge in [0, 0.05) is 9.75 Å². The van der Waals surface area contributed by atoms with Crippen molar-refractivity contribution in [2.45, 2.75) is 6.92 Å². The van der Waals surface area contributed by atoms with Crippen molar-refractivity contribution in [2.24, 2.45) is 0 Å². The number of aromatic hydroxyl groups is 3. The van der Waals surface area contributed by atoms with Gasteiger partial charge in [-0.2, -0.15) is 0 Å². The maximum Gasteiger partial charge on any atom is 0.160 e. The molecule has 118 valence electrons. The lowest BCUT2D eigenvalue weighted by Gasteiger charge is -2.06. The highest BCUT2D eigenvalue weighted by Crippen LogP contribution is 2.39. The fourth-order valence-electron chi connectivity index (χ4n) is 2.27. The summed E-state index contributed by atoms with van der Waals surface area (Å²) in [6.45, 7) is 2.37. The van der Waals surface area contributed by atoms with Gasteiger partial charge in [-0.1, -0.05) is 0 Å². The molecule has 0 radical (unpaired) electrons. The molecule has 0 fully saturated rings. The minimum atomic E-state index is -0.142. The molecule has 0 aliphatic heterocycles. The SMILES string of the molecule is CCOc1ccc(-c2ccc(-c3ccc(O)c(O)c3)s2)cc1O. The predicted molar refractivity (Wildman–Crippen MR) is 91.4 cm³/mol. The second kappa shape index (κ2) is 6.22. The van der Waals surface area contributed by atoms with E-state index in [9.17, 15) is 15.3 Å². The van der Waals surface area contributed by atoms with Crippen molar-refractivity contribution in [2.75, 3.05) is 6.61 Å². The Labute approximate surface area is 137 Å². The molecule has 0 bridgehead atoms. The van der Waals surface area contributed by atoms with Gasteiger partial charge in [-0.25, -0.2) is 0 Å². The minimum absolute atomic E-state index is 0.113. The number of phenols is 3. The zero-order valence-corrected chi connectivity index (χ0v) is 13.3. The Morgan fingerprint density at radius 3 is 1.96 bits per heavy atom. The molecule has 0 aliphatic carbocycles. The van der Waals surface area contributed by atoms with Crippen LogP contribution in [-0.4, -0.2) is 21.9 Å². The average Bonchev–Trinajstić information content (AvgIpc) is 3.02. The van der Waals surface area contributed by atoms with Crippen LogP contribution in [0.1, 0.15) is 6.92 Å². The van der Waals surface area contributed by atoms with Crippen LogP contribution in [-0.2, 0) is 0 Å². The van der Waals surface area contributed by atoms with E-state index in [1.54, 1.807) is 18.2 Å². The molecule has 3 N–H and O–H groups in total. The standard InChI is InChI=1S/C18H16O4S/c1-2-22-16-6-4-12(10-15(16)21)18-8-7-17(23-18)11-3-5-13(19)14(20)9-11/h3-10,19-21H,2H2,1H3. The van der Waals surface area contributed by atoms with Crippen LogP contribution < -0.4 is 4.74 Å². The molecule has 0 saturated carbocycles. The molecule has 2 aromatic carbocycles. The summed E-state index contributed by atoms with van der Waals surface area (Å²) in [5, 5.41) is 29.0. The molecular formula is C18H16O4S. The van der Waals surface area contributed by atoms with Crippen LogP contribution in [0.25, 0.3) is 20.9 Å². The van der Waals surface area contributed by atoms with Crippen LogP contribution in [0.2, 0.25) is 0 Å². The summed E-state index contributed by atoms with van der Waals surface area (Å²) in [6.07, 6.45) is 0. The molecule has 0 spiro atoms. The Morgan fingerprint density at radius 2 is 1.39 bits per heavy atom. The van der Waals surface area contributed by atoms with E-state index < -0.39 is 0 Å². The maximum absolute atomic E-state index is 9.99. The normalized spacial score (nSPS) is 10.7. The molecule has 1 heterocycles. The lowest BCUT2D eigenvalue weighted by atomic mass is 10.1. The van der Waals surface area contributed by atoms with Crippen molar-refractivity contribution < 1.29 is 20.1 Å². The molecule has 1 aromatic heterocycles. The molecule has 5 heteroatoms. The smallest absolute Gasteiger partial charge is 0.160 e. The van der Waals surface area contributed by atoms with Gasteiger partial charge in [-0.15, -0.1) is 11.3 Å². The highest BCUT2D eigenvalue weighted by atomic mass is 32.1. The summed E-state index contributed by atoms with van der Waals surface area (Å²) in [5.41, 5.74) is 1.72. The number of phenolic OH excluding ortho intramolecular Hbond substituents is 3. The van der Waals surface area contributed by atoms with Crippen LogP contribution in [0.5, 0.6) is 23.0 Å². The highest BCUT2D eigenvalue weighted by Gasteiger charge is 2.10. The second-order valence-corrected chi connectivity index (χ2v) is 6.07. The fraction of sp³-hybridized carbons (Fsp3) is 0.111. The van der Waals surface area contributed by atoms with Crippen LogP contribution in [0.4, 0.5) is 0 Å². The first-order valence-electron chi connectivity index (χ1n) is 7.17. The lowest BCUT2D eigenvalue weighted by molar-refractivity contribution is 0.318. The Kier molecular flexibility index (Phi) is 4.12. The van der Waals surface area contributed by atoms with Gasteiger partial charge in [-0.05, 0) is 66.6 Å². The van der Waals surface area contributed by atoms with E-state index in [1.807, 2.05) is 25.1 Å². The largest absolute Gasteiger partial charge is 0.504 e. The first-order valence-corrected chi connectivity index (χ1v) is 7.98. The third-order valence-electron chi connectivity index (χ3n) is 3.41. The molecule has 4 nitrogen and oxygen atoms in total. The van der Waals surface area contributed by atoms with Gasteiger partial charge in [0.15, 0.2) is 23.0 Å². The minimum Gasteiger partial charge on any atom is -0.504 e. The fourth-order valence-corrected chi connectivity index (χ4v) is 3.27. The van der Waals surface area contributed by atoms with E-state index in [0.29, 0.717) is 12.4 Å². The van der Waals surface area contributed by atoms with Crippen molar-refractivity contribution in [1.82, 2.24) is 0 Å². The molecule has 3 aromatic rings. The van der Waals surface area contributed by atoms with E-state index in [2.05, 4.69) is 0 Å². The molecule has 0 atom stereocenters. The van der Waals surface area contributed by atoms with Crippen LogP contribution in [0, 0.1) is 0 Å². The number of hydrogen-bond acceptors (Lipinski definition) is 5. The summed E-state index contributed by atoms with van der Waals surface area (Å²) in [5.74, 6) is 0.302. The van der Waals surface area contributed by atoms with Gasteiger partial charge >= 0.3 is 0 Å². The van der Waals surface area contributed by atoms with E-state index in [0.717, 1.165) is 20.9 Å². The van der Waals surface area contributed by atoms with E-state index in [-0.39, 0.29) is 17.2 Å². The lowest BCUT2D eigenvalue weighted by Crippen LogP contribution is -1.91. The molecule has 3 rings (SSSR count). The number of hydrogen-bond donors (Lipinski definition) is 3. The number of ether oxygens (including phenoxy) is 1. The number of thiophene rings is 1. The van der Waals surface area contributed by atoms with Gasteiger partial charge < -0.3 is 20.1 Å². The van der Waals surface area contributed by atoms with Gasteiger partial charge in [0.05, 0.1) is 6.61 Å². The Bertz CT molecular complexity index is 839. The third-order valence-corrected chi connectivity index (χ3v) is 4.59. The highest BCUT2D eigenvalue weighted by molar-refractivity contribution is 7.18. The summed E-state index contributed by atoms with van der Waals surface area (Å²) < 4.78 is 5.33. The molecule has 23 heavy (non-hydrogen) atoms. The second-order valence-electron chi connectivity index (χ2n) is 4.98. The third kappa shape index (κ3) is 3.10. The number of benzene rings is 2. The van der Waals surface area contributed by atoms with Crippen molar-refractivity contribution >= 4 is 11.3 Å². The van der Waals surface area contributed by atoms with E-state index in [4.69, 9.17) is 4.74 Å². The first kappa shape index (κ1) is 15.2. The summed E-state index contributed by atoms with van der Waals surface area (Å²) in [6, 6.07) is 14.0. The van der Waals surface area contributed by atoms with Gasteiger partial charge in [-0.3, -0.25) is 0 Å². The first-order chi connectivity index (χ1) is 11.1. The molecule has 0 aliphatic rings. The topological polar surface area (TPSA) is 69.9 Å². The summed E-state index contributed by atoms with van der Waals surface area (Å²) in [7, 11) is 0. The van der Waals surface area contributed by atoms with Crippen molar-refractivity contribution in [3.05, 3.63) is 48.5 Å². The van der Waals surface area contributed by atoms with Gasteiger partial charge in [0.25, 0.3) is 0 Å². The van der Waals surface area contributed by atoms with Crippen molar-refractivity contribution in [3.63, 3.8) is 0 Å². The van der Waals surface area contributed by atoms with Crippen molar-refractivity contribution in [3.8, 4) is 43.9 Å². The Morgan fingerprint density at radius 1 is 0.783 bits per heavy atom. The molecular weight excluding hydrogens is 312 g/mol. The molecule has 0 unspecified atom stereocenters. The van der Waals surface area contributed by atoms with Crippen LogP contribution >= 0.6 is 11.3 Å². The summed E-state index contributed by atoms with van der Waals surface area (Å²) in [4.78, 5) is 1.95. The quantitative estimate of drug-likeness (QED) is 0.612. The number of rotatable bonds is 4. The van der Waals surface area contributed by atoms with E-state index >= 15 is 0 Å². The van der Waals surface area contributed by atoms with Gasteiger partial charge in [0.1, 0.15) is 0 Å². The molecule has 0 saturated heterocycles. The Hall–Kier alpha value is -2.66. The predicted octanol–water partition coefficient (Wildman–Crippen LogP) is 4.60. The zero-order valence-electron chi connectivity index (χ0n) is 12.5. The van der Waals surface area contributed by atoms with E-state index in [1.165, 1.54) is 23.5 Å². The Balaban J connectivity index is 1.92. The van der Waals surface area contributed by atoms with Crippen molar-refractivity contribution in [1.29, 1.82) is 0 Å². The zero-order chi connectivity index (χ0) is 16.4.